The van der Waals surface area contributed by atoms with Crippen molar-refractivity contribution in [2.24, 2.45) is 0 Å². The van der Waals surface area contributed by atoms with Gasteiger partial charge in [0.1, 0.15) is 5.01 Å². The first-order valence-corrected chi connectivity index (χ1v) is 9.13. The quantitative estimate of drug-likeness (QED) is 0.684. The van der Waals surface area contributed by atoms with Gasteiger partial charge in [-0.05, 0) is 31.2 Å². The fraction of sp³-hybridized carbons (Fsp3) is 0.471. The zero-order valence-corrected chi connectivity index (χ0v) is 14.3. The van der Waals surface area contributed by atoms with Gasteiger partial charge in [0, 0.05) is 19.1 Å². The van der Waals surface area contributed by atoms with Crippen LogP contribution in [0.25, 0.3) is 0 Å². The summed E-state index contributed by atoms with van der Waals surface area (Å²) < 4.78 is 5.58. The first kappa shape index (κ1) is 16.9. The third-order valence-electron chi connectivity index (χ3n) is 3.72. The summed E-state index contributed by atoms with van der Waals surface area (Å²) in [5.74, 6) is 0.564. The first-order valence-electron chi connectivity index (χ1n) is 8.31. The molecule has 3 rings (SSSR count). The number of ether oxygens (including phenoxy) is 1. The molecular formula is C17H22N4O2S. The van der Waals surface area contributed by atoms with Gasteiger partial charge in [0.05, 0.1) is 6.61 Å². The number of nitrogens with one attached hydrogen (secondary N) is 2. The van der Waals surface area contributed by atoms with E-state index in [0.29, 0.717) is 30.8 Å². The van der Waals surface area contributed by atoms with Gasteiger partial charge in [-0.2, -0.15) is 0 Å². The van der Waals surface area contributed by atoms with Crippen LogP contribution in [0.3, 0.4) is 0 Å². The van der Waals surface area contributed by atoms with Crippen molar-refractivity contribution in [3.63, 3.8) is 0 Å². The number of hydrogen-bond donors (Lipinski definition) is 2. The van der Waals surface area contributed by atoms with Crippen LogP contribution in [0.1, 0.15) is 35.8 Å². The largest absolute Gasteiger partial charge is 0.381 e. The maximum Gasteiger partial charge on any atom is 0.321 e. The molecule has 1 aliphatic rings. The highest BCUT2D eigenvalue weighted by Gasteiger charge is 2.27. The normalized spacial score (nSPS) is 13.7. The van der Waals surface area contributed by atoms with E-state index in [0.717, 1.165) is 17.8 Å². The lowest BCUT2D eigenvalue weighted by molar-refractivity contribution is 0.135. The topological polar surface area (TPSA) is 76.1 Å². The van der Waals surface area contributed by atoms with E-state index >= 15 is 0 Å². The number of anilines is 1. The molecule has 1 saturated carbocycles. The Morgan fingerprint density at radius 1 is 1.21 bits per heavy atom. The molecular weight excluding hydrogens is 324 g/mol. The molecule has 0 aliphatic heterocycles. The number of nitrogens with zero attached hydrogens (tertiary/aromatic N) is 2. The van der Waals surface area contributed by atoms with E-state index in [-0.39, 0.29) is 6.03 Å². The van der Waals surface area contributed by atoms with Crippen molar-refractivity contribution in [1.29, 1.82) is 0 Å². The van der Waals surface area contributed by atoms with Crippen LogP contribution in [0.4, 0.5) is 9.93 Å². The summed E-state index contributed by atoms with van der Waals surface area (Å²) in [5.41, 5.74) is 1.28. The van der Waals surface area contributed by atoms with E-state index in [2.05, 4.69) is 33.0 Å². The minimum absolute atomic E-state index is 0.238. The van der Waals surface area contributed by atoms with Crippen LogP contribution in [0.2, 0.25) is 0 Å². The summed E-state index contributed by atoms with van der Waals surface area (Å²) >= 11 is 1.46. The average Bonchev–Trinajstić information content (AvgIpc) is 3.35. The predicted molar refractivity (Wildman–Crippen MR) is 94.5 cm³/mol. The van der Waals surface area contributed by atoms with Gasteiger partial charge in [-0.1, -0.05) is 41.7 Å². The molecule has 0 bridgehead atoms. The SMILES string of the molecule is O=C(NCCCOCCc1ccccc1)Nc1nnc(C2CC2)s1. The average molecular weight is 346 g/mol. The van der Waals surface area contributed by atoms with Crippen molar-refractivity contribution >= 4 is 22.5 Å². The summed E-state index contributed by atoms with van der Waals surface area (Å²) in [4.78, 5) is 11.8. The summed E-state index contributed by atoms with van der Waals surface area (Å²) in [6.07, 6.45) is 4.07. The van der Waals surface area contributed by atoms with Crippen LogP contribution < -0.4 is 10.6 Å². The third kappa shape index (κ3) is 5.58. The van der Waals surface area contributed by atoms with Crippen LogP contribution in [0.5, 0.6) is 0 Å². The maximum absolute atomic E-state index is 11.8. The summed E-state index contributed by atoms with van der Waals surface area (Å²) in [6, 6.07) is 10.0. The second-order valence-corrected chi connectivity index (χ2v) is 6.81. The number of hydrogen-bond acceptors (Lipinski definition) is 5. The Balaban J connectivity index is 1.21. The summed E-state index contributed by atoms with van der Waals surface area (Å²) in [7, 11) is 0. The van der Waals surface area contributed by atoms with Gasteiger partial charge in [0.15, 0.2) is 0 Å². The van der Waals surface area contributed by atoms with Crippen molar-refractivity contribution in [2.45, 2.75) is 31.6 Å². The molecule has 1 aromatic carbocycles. The van der Waals surface area contributed by atoms with E-state index in [1.807, 2.05) is 18.2 Å². The molecule has 2 aromatic rings. The second-order valence-electron chi connectivity index (χ2n) is 5.80. The Labute approximate surface area is 145 Å². The molecule has 0 spiro atoms. The molecule has 7 heteroatoms. The van der Waals surface area contributed by atoms with E-state index in [9.17, 15) is 4.79 Å². The zero-order valence-electron chi connectivity index (χ0n) is 13.5. The molecule has 1 aliphatic carbocycles. The molecule has 128 valence electrons. The number of rotatable bonds is 9. The number of benzene rings is 1. The smallest absolute Gasteiger partial charge is 0.321 e. The Hall–Kier alpha value is -1.99. The van der Waals surface area contributed by atoms with Crippen molar-refractivity contribution < 1.29 is 9.53 Å². The van der Waals surface area contributed by atoms with E-state index in [1.165, 1.54) is 29.7 Å². The van der Waals surface area contributed by atoms with Crippen LogP contribution in [-0.4, -0.2) is 36.0 Å². The lowest BCUT2D eigenvalue weighted by atomic mass is 10.2. The standard InChI is InChI=1S/C17H22N4O2S/c22-16(19-17-21-20-15(24-17)14-7-8-14)18-10-4-11-23-12-9-13-5-2-1-3-6-13/h1-3,5-6,14H,4,7-12H2,(H2,18,19,21,22). The van der Waals surface area contributed by atoms with Gasteiger partial charge in [0.2, 0.25) is 5.13 Å². The lowest BCUT2D eigenvalue weighted by Gasteiger charge is -2.06. The van der Waals surface area contributed by atoms with Gasteiger partial charge >= 0.3 is 6.03 Å². The summed E-state index contributed by atoms with van der Waals surface area (Å²) in [5, 5.41) is 15.2. The van der Waals surface area contributed by atoms with Crippen LogP contribution in [0, 0.1) is 0 Å². The van der Waals surface area contributed by atoms with Crippen molar-refractivity contribution in [3.8, 4) is 0 Å². The molecule has 0 saturated heterocycles. The molecule has 1 heterocycles. The molecule has 2 N–H and O–H groups in total. The molecule has 2 amide bonds. The fourth-order valence-electron chi connectivity index (χ4n) is 2.23. The molecule has 1 aromatic heterocycles. The van der Waals surface area contributed by atoms with Crippen molar-refractivity contribution in [3.05, 3.63) is 40.9 Å². The number of urea groups is 1. The highest BCUT2D eigenvalue weighted by atomic mass is 32.1. The highest BCUT2D eigenvalue weighted by molar-refractivity contribution is 7.15. The second kappa shape index (κ2) is 8.75. The van der Waals surface area contributed by atoms with Crippen LogP contribution in [0.15, 0.2) is 30.3 Å². The van der Waals surface area contributed by atoms with E-state index < -0.39 is 0 Å². The Bertz CT molecular complexity index is 643. The third-order valence-corrected chi connectivity index (χ3v) is 4.72. The lowest BCUT2D eigenvalue weighted by Crippen LogP contribution is -2.30. The Morgan fingerprint density at radius 2 is 2.04 bits per heavy atom. The van der Waals surface area contributed by atoms with E-state index in [4.69, 9.17) is 4.74 Å². The molecule has 6 nitrogen and oxygen atoms in total. The molecule has 1 fully saturated rings. The van der Waals surface area contributed by atoms with Gasteiger partial charge in [0.25, 0.3) is 0 Å². The molecule has 0 radical (unpaired) electrons. The molecule has 0 unspecified atom stereocenters. The maximum atomic E-state index is 11.8. The van der Waals surface area contributed by atoms with Crippen molar-refractivity contribution in [2.75, 3.05) is 25.1 Å². The molecule has 24 heavy (non-hydrogen) atoms. The van der Waals surface area contributed by atoms with Crippen LogP contribution in [-0.2, 0) is 11.2 Å². The number of aromatic nitrogens is 2. The minimum atomic E-state index is -0.238. The fourth-order valence-corrected chi connectivity index (χ4v) is 3.14. The zero-order chi connectivity index (χ0) is 16.6. The van der Waals surface area contributed by atoms with E-state index in [1.54, 1.807) is 0 Å². The number of carbonyl (C=O) groups excluding carboxylic acids is 1. The van der Waals surface area contributed by atoms with Crippen LogP contribution >= 0.6 is 11.3 Å². The number of amides is 2. The van der Waals surface area contributed by atoms with Crippen molar-refractivity contribution in [1.82, 2.24) is 15.5 Å². The Kier molecular flexibility index (Phi) is 6.14. The predicted octanol–water partition coefficient (Wildman–Crippen LogP) is 3.19. The van der Waals surface area contributed by atoms with Gasteiger partial charge in [-0.25, -0.2) is 4.79 Å². The van der Waals surface area contributed by atoms with Gasteiger partial charge in [-0.3, -0.25) is 5.32 Å². The monoisotopic (exact) mass is 346 g/mol. The molecule has 0 atom stereocenters. The minimum Gasteiger partial charge on any atom is -0.381 e. The highest BCUT2D eigenvalue weighted by Crippen LogP contribution is 2.41. The van der Waals surface area contributed by atoms with Gasteiger partial charge in [-0.15, -0.1) is 10.2 Å². The van der Waals surface area contributed by atoms with Gasteiger partial charge < -0.3 is 10.1 Å². The first-order chi connectivity index (χ1) is 11.8. The number of carbonyl (C=O) groups is 1. The Morgan fingerprint density at radius 3 is 2.83 bits per heavy atom. The summed E-state index contributed by atoms with van der Waals surface area (Å²) in [6.45, 7) is 1.91.